The summed E-state index contributed by atoms with van der Waals surface area (Å²) >= 11 is 0. The smallest absolute Gasteiger partial charge is 0.406 e. The lowest BCUT2D eigenvalue weighted by Crippen LogP contribution is -2.48. The first-order chi connectivity index (χ1) is 21.4. The molecule has 1 aromatic carbocycles. The van der Waals surface area contributed by atoms with E-state index in [0.717, 1.165) is 17.0 Å². The van der Waals surface area contributed by atoms with Gasteiger partial charge in [0.2, 0.25) is 0 Å². The molecule has 5 aliphatic rings. The number of urea groups is 1. The number of morpholine rings is 1. The number of ketones is 2. The fraction of sp³-hybridized carbons (Fsp3) is 0.429. The van der Waals surface area contributed by atoms with E-state index in [1.807, 2.05) is 0 Å². The molecule has 0 bridgehead atoms. The van der Waals surface area contributed by atoms with E-state index in [1.165, 1.54) is 29.4 Å². The number of hydrazine groups is 2. The molecule has 0 atom stereocenters. The first kappa shape index (κ1) is 30.6. The molecule has 0 unspecified atom stereocenters. The summed E-state index contributed by atoms with van der Waals surface area (Å²) in [5, 5.41) is 1.74. The number of carbonyl (C=O) groups excluding carboxylic acids is 5. The molecule has 3 aliphatic heterocycles. The summed E-state index contributed by atoms with van der Waals surface area (Å²) in [4.78, 5) is 67.4. The van der Waals surface area contributed by atoms with Crippen LogP contribution in [0.2, 0.25) is 0 Å². The predicted molar refractivity (Wildman–Crippen MR) is 146 cm³/mol. The molecular formula is C28H28F3N7O7. The third kappa shape index (κ3) is 6.24. The lowest BCUT2D eigenvalue weighted by Gasteiger charge is -2.27. The monoisotopic (exact) mass is 631 g/mol. The molecule has 17 heteroatoms. The number of amides is 4. The SMILES string of the molecule is O=C(NN1CCOCC1)c1cnccc1CN1C(=O)N(c2ccc(OC(F)(F)F)cc2)C(=O)C12CC2.O=C1CC(=O)C2(C1)NN2. The van der Waals surface area contributed by atoms with Gasteiger partial charge in [-0.25, -0.2) is 25.6 Å². The van der Waals surface area contributed by atoms with Gasteiger partial charge in [0.15, 0.2) is 11.4 Å². The minimum Gasteiger partial charge on any atom is -0.406 e. The van der Waals surface area contributed by atoms with Crippen molar-refractivity contribution in [2.24, 2.45) is 0 Å². The highest BCUT2D eigenvalue weighted by atomic mass is 19.4. The van der Waals surface area contributed by atoms with Crippen molar-refractivity contribution < 1.29 is 46.6 Å². The summed E-state index contributed by atoms with van der Waals surface area (Å²) < 4.78 is 46.5. The van der Waals surface area contributed by atoms with Crippen LogP contribution in [-0.2, 0) is 25.7 Å². The molecular weight excluding hydrogens is 603 g/mol. The topological polar surface area (TPSA) is 182 Å². The van der Waals surface area contributed by atoms with Crippen molar-refractivity contribution in [1.29, 1.82) is 0 Å². The Kier molecular flexibility index (Phi) is 7.80. The van der Waals surface area contributed by atoms with Gasteiger partial charge in [-0.2, -0.15) is 0 Å². The minimum atomic E-state index is -4.86. The Hall–Kier alpha value is -4.45. The molecule has 3 N–H and O–H groups in total. The number of halogens is 3. The van der Waals surface area contributed by atoms with Gasteiger partial charge >= 0.3 is 12.4 Å². The van der Waals surface area contributed by atoms with Crippen molar-refractivity contribution >= 4 is 35.1 Å². The number of hydrogen-bond donors (Lipinski definition) is 3. The van der Waals surface area contributed by atoms with E-state index >= 15 is 0 Å². The molecule has 4 amide bonds. The number of anilines is 1. The van der Waals surface area contributed by atoms with E-state index in [0.29, 0.717) is 51.1 Å². The number of imide groups is 1. The van der Waals surface area contributed by atoms with Crippen LogP contribution >= 0.6 is 0 Å². The Bertz CT molecular complexity index is 1540. The van der Waals surface area contributed by atoms with Crippen LogP contribution in [0, 0.1) is 0 Å². The maximum atomic E-state index is 13.4. The van der Waals surface area contributed by atoms with Gasteiger partial charge in [0.05, 0.1) is 30.9 Å². The van der Waals surface area contributed by atoms with E-state index < -0.39 is 35.3 Å². The third-order valence-corrected chi connectivity index (χ3v) is 8.07. The van der Waals surface area contributed by atoms with Gasteiger partial charge in [-0.1, -0.05) is 0 Å². The molecule has 5 fully saturated rings. The number of pyridine rings is 1. The number of nitrogens with zero attached hydrogens (tertiary/aromatic N) is 4. The quantitative estimate of drug-likeness (QED) is 0.237. The molecule has 2 saturated carbocycles. The van der Waals surface area contributed by atoms with Gasteiger partial charge in [0, 0.05) is 38.4 Å². The summed E-state index contributed by atoms with van der Waals surface area (Å²) in [6, 6.07) is 5.55. The number of Topliss-reactive ketones (excluding diaryl/α,β-unsaturated/α-hetero) is 2. The average Bonchev–Trinajstić information content (AvgIpc) is 3.92. The molecule has 0 radical (unpaired) electrons. The van der Waals surface area contributed by atoms with Crippen LogP contribution in [0.5, 0.6) is 5.75 Å². The Morgan fingerprint density at radius 3 is 2.29 bits per heavy atom. The second-order valence-electron chi connectivity index (χ2n) is 11.1. The molecule has 3 saturated heterocycles. The standard InChI is InChI=1S/C23H22F3N5O5.C5H6N2O2/c24-23(25,26)36-17-3-1-16(2-4-17)31-20(33)22(6-7-22)30(21(31)34)14-15-5-8-27-13-18(15)19(32)28-29-9-11-35-12-10-29;8-3-1-4(9)5(2-3)6-7-5/h1-5,8,13H,6-7,9-12,14H2,(H,28,32);6-7H,1-2H2. The van der Waals surface area contributed by atoms with E-state index in [1.54, 1.807) is 11.1 Å². The highest BCUT2D eigenvalue weighted by Crippen LogP contribution is 2.50. The van der Waals surface area contributed by atoms with Crippen LogP contribution in [0.4, 0.5) is 23.7 Å². The van der Waals surface area contributed by atoms with Crippen LogP contribution < -0.4 is 25.9 Å². The Labute approximate surface area is 253 Å². The van der Waals surface area contributed by atoms with E-state index in [2.05, 4.69) is 26.0 Å². The first-order valence-electron chi connectivity index (χ1n) is 14.1. The molecule has 4 heterocycles. The fourth-order valence-electron chi connectivity index (χ4n) is 5.46. The maximum Gasteiger partial charge on any atom is 0.573 e. The van der Waals surface area contributed by atoms with Gasteiger partial charge in [-0.3, -0.25) is 29.6 Å². The molecule has 238 valence electrons. The van der Waals surface area contributed by atoms with Crippen molar-refractivity contribution in [3.8, 4) is 5.75 Å². The van der Waals surface area contributed by atoms with Crippen LogP contribution in [0.1, 0.15) is 41.6 Å². The van der Waals surface area contributed by atoms with Crippen molar-refractivity contribution in [3.05, 3.63) is 53.9 Å². The maximum absolute atomic E-state index is 13.4. The molecule has 1 aromatic heterocycles. The summed E-state index contributed by atoms with van der Waals surface area (Å²) in [6.45, 7) is 2.04. The lowest BCUT2D eigenvalue weighted by atomic mass is 10.1. The van der Waals surface area contributed by atoms with Gasteiger partial charge in [-0.05, 0) is 48.7 Å². The number of hydrogen-bond acceptors (Lipinski definition) is 11. The molecule has 7 rings (SSSR count). The largest absolute Gasteiger partial charge is 0.573 e. The van der Waals surface area contributed by atoms with E-state index in [-0.39, 0.29) is 41.7 Å². The predicted octanol–water partition coefficient (Wildman–Crippen LogP) is 1.18. The van der Waals surface area contributed by atoms with Crippen LogP contribution in [0.25, 0.3) is 0 Å². The van der Waals surface area contributed by atoms with Crippen molar-refractivity contribution in [2.75, 3.05) is 31.2 Å². The number of carbonyl (C=O) groups is 5. The van der Waals surface area contributed by atoms with Gasteiger partial charge in [0.1, 0.15) is 17.1 Å². The van der Waals surface area contributed by atoms with E-state index in [4.69, 9.17) is 4.74 Å². The van der Waals surface area contributed by atoms with Crippen molar-refractivity contribution in [3.63, 3.8) is 0 Å². The van der Waals surface area contributed by atoms with Crippen LogP contribution in [0.15, 0.2) is 42.7 Å². The zero-order chi connectivity index (χ0) is 32.0. The summed E-state index contributed by atoms with van der Waals surface area (Å²) in [6.07, 6.45) is -0.630. The normalized spacial score (nSPS) is 21.7. The number of rotatable bonds is 6. The summed E-state index contributed by atoms with van der Waals surface area (Å²) in [5.41, 5.74) is 7.41. The zero-order valence-electron chi connectivity index (χ0n) is 23.7. The third-order valence-electron chi connectivity index (χ3n) is 8.07. The second kappa shape index (κ2) is 11.5. The Morgan fingerprint density at radius 1 is 1.04 bits per heavy atom. The highest BCUT2D eigenvalue weighted by molar-refractivity contribution is 6.24. The Morgan fingerprint density at radius 2 is 1.73 bits per heavy atom. The van der Waals surface area contributed by atoms with Gasteiger partial charge < -0.3 is 14.4 Å². The number of ether oxygens (including phenoxy) is 2. The van der Waals surface area contributed by atoms with Crippen molar-refractivity contribution in [1.82, 2.24) is 31.2 Å². The number of benzene rings is 1. The minimum absolute atomic E-state index is 0.00920. The molecule has 45 heavy (non-hydrogen) atoms. The zero-order valence-corrected chi connectivity index (χ0v) is 23.7. The van der Waals surface area contributed by atoms with Gasteiger partial charge in [-0.15, -0.1) is 13.2 Å². The summed E-state index contributed by atoms with van der Waals surface area (Å²) in [5.74, 6) is -1.30. The lowest BCUT2D eigenvalue weighted by molar-refractivity contribution is -0.274. The van der Waals surface area contributed by atoms with Crippen LogP contribution in [-0.4, -0.2) is 88.2 Å². The van der Waals surface area contributed by atoms with E-state index in [9.17, 15) is 37.1 Å². The van der Waals surface area contributed by atoms with Gasteiger partial charge in [0.25, 0.3) is 11.8 Å². The number of aromatic nitrogens is 1. The molecule has 14 nitrogen and oxygen atoms in total. The molecule has 2 aliphatic carbocycles. The first-order valence-corrected chi connectivity index (χ1v) is 14.1. The number of alkyl halides is 3. The average molecular weight is 632 g/mol. The molecule has 2 aromatic rings. The van der Waals surface area contributed by atoms with Crippen molar-refractivity contribution in [2.45, 2.75) is 49.8 Å². The number of nitrogens with one attached hydrogen (secondary N) is 3. The molecule has 2 spiro atoms. The van der Waals surface area contributed by atoms with Crippen LogP contribution in [0.3, 0.4) is 0 Å². The second-order valence-corrected chi connectivity index (χ2v) is 11.1. The Balaban J connectivity index is 0.000000337. The fourth-order valence-corrected chi connectivity index (χ4v) is 5.46. The summed E-state index contributed by atoms with van der Waals surface area (Å²) in [7, 11) is 0. The highest BCUT2D eigenvalue weighted by Gasteiger charge is 2.65.